The fourth-order valence-electron chi connectivity index (χ4n) is 3.77. The Morgan fingerprint density at radius 2 is 2.20 bits per heavy atom. The molecule has 1 aromatic heterocycles. The fourth-order valence-corrected chi connectivity index (χ4v) is 4.83. The predicted molar refractivity (Wildman–Crippen MR) is 85.4 cm³/mol. The number of hydrogen-bond acceptors (Lipinski definition) is 5. The monoisotopic (exact) mass is 294 g/mol. The van der Waals surface area contributed by atoms with Crippen LogP contribution < -0.4 is 10.6 Å². The van der Waals surface area contributed by atoms with Gasteiger partial charge in [-0.15, -0.1) is 11.3 Å². The summed E-state index contributed by atoms with van der Waals surface area (Å²) in [5.74, 6) is 0.817. The number of likely N-dealkylation sites (tertiary alicyclic amines) is 1. The molecule has 0 aromatic carbocycles. The van der Waals surface area contributed by atoms with Crippen LogP contribution in [-0.2, 0) is 13.0 Å². The molecule has 2 aliphatic heterocycles. The van der Waals surface area contributed by atoms with Gasteiger partial charge in [-0.3, -0.25) is 0 Å². The SMILES string of the molecule is CCc1nc(N2CCC3C(CCCN3C)C2)sc1CN. The minimum Gasteiger partial charge on any atom is -0.348 e. The van der Waals surface area contributed by atoms with Gasteiger partial charge in [-0.2, -0.15) is 0 Å². The lowest BCUT2D eigenvalue weighted by Crippen LogP contribution is -2.52. The van der Waals surface area contributed by atoms with Gasteiger partial charge in [0.05, 0.1) is 5.69 Å². The molecule has 20 heavy (non-hydrogen) atoms. The Morgan fingerprint density at radius 3 is 2.90 bits per heavy atom. The average molecular weight is 294 g/mol. The summed E-state index contributed by atoms with van der Waals surface area (Å²) in [6.45, 7) is 6.39. The highest BCUT2D eigenvalue weighted by Gasteiger charge is 2.35. The topological polar surface area (TPSA) is 45.4 Å². The Morgan fingerprint density at radius 1 is 1.35 bits per heavy atom. The highest BCUT2D eigenvalue weighted by molar-refractivity contribution is 7.15. The maximum absolute atomic E-state index is 5.84. The summed E-state index contributed by atoms with van der Waals surface area (Å²) in [5.41, 5.74) is 7.04. The highest BCUT2D eigenvalue weighted by Crippen LogP contribution is 2.34. The van der Waals surface area contributed by atoms with Crippen LogP contribution in [0.5, 0.6) is 0 Å². The third-order valence-corrected chi connectivity index (χ3v) is 6.08. The average Bonchev–Trinajstić information content (AvgIpc) is 2.90. The van der Waals surface area contributed by atoms with Crippen LogP contribution in [0.2, 0.25) is 0 Å². The summed E-state index contributed by atoms with van der Waals surface area (Å²) in [5, 5.41) is 1.20. The zero-order valence-corrected chi connectivity index (χ0v) is 13.5. The van der Waals surface area contributed by atoms with Gasteiger partial charge in [0.1, 0.15) is 0 Å². The minimum atomic E-state index is 0.628. The van der Waals surface area contributed by atoms with Gasteiger partial charge in [0.15, 0.2) is 5.13 Å². The van der Waals surface area contributed by atoms with Gasteiger partial charge < -0.3 is 15.5 Å². The van der Waals surface area contributed by atoms with Crippen LogP contribution in [0.3, 0.4) is 0 Å². The van der Waals surface area contributed by atoms with Crippen LogP contribution in [0.1, 0.15) is 36.8 Å². The normalized spacial score (nSPS) is 27.6. The number of anilines is 1. The molecule has 2 unspecified atom stereocenters. The quantitative estimate of drug-likeness (QED) is 0.927. The van der Waals surface area contributed by atoms with Crippen molar-refractivity contribution >= 4 is 16.5 Å². The molecule has 2 fully saturated rings. The number of hydrogen-bond donors (Lipinski definition) is 1. The van der Waals surface area contributed by atoms with Crippen molar-refractivity contribution in [1.29, 1.82) is 0 Å². The molecule has 0 radical (unpaired) electrons. The minimum absolute atomic E-state index is 0.628. The van der Waals surface area contributed by atoms with Gasteiger partial charge in [-0.25, -0.2) is 4.98 Å². The van der Waals surface area contributed by atoms with E-state index in [1.54, 1.807) is 11.3 Å². The van der Waals surface area contributed by atoms with Crippen molar-refractivity contribution in [2.24, 2.45) is 11.7 Å². The summed E-state index contributed by atoms with van der Waals surface area (Å²) < 4.78 is 0. The third-order valence-electron chi connectivity index (χ3n) is 4.90. The molecule has 4 nitrogen and oxygen atoms in total. The Hall–Kier alpha value is -0.650. The van der Waals surface area contributed by atoms with Crippen molar-refractivity contribution in [2.75, 3.05) is 31.6 Å². The van der Waals surface area contributed by atoms with Gasteiger partial charge in [0.25, 0.3) is 0 Å². The number of fused-ring (bicyclic) bond motifs is 1. The summed E-state index contributed by atoms with van der Waals surface area (Å²) in [4.78, 5) is 11.2. The first-order chi connectivity index (χ1) is 9.72. The first kappa shape index (κ1) is 14.3. The summed E-state index contributed by atoms with van der Waals surface area (Å²) >= 11 is 1.81. The van der Waals surface area contributed by atoms with Crippen molar-refractivity contribution in [1.82, 2.24) is 9.88 Å². The summed E-state index contributed by atoms with van der Waals surface area (Å²) in [6.07, 6.45) is 4.99. The van der Waals surface area contributed by atoms with Crippen LogP contribution >= 0.6 is 11.3 Å². The van der Waals surface area contributed by atoms with Gasteiger partial charge in [-0.05, 0) is 45.2 Å². The van der Waals surface area contributed by atoms with Crippen molar-refractivity contribution in [3.63, 3.8) is 0 Å². The molecule has 1 aromatic rings. The Balaban J connectivity index is 1.74. The van der Waals surface area contributed by atoms with Gasteiger partial charge in [0, 0.05) is 30.6 Å². The molecular formula is C15H26N4S. The van der Waals surface area contributed by atoms with Gasteiger partial charge in [-0.1, -0.05) is 6.92 Å². The van der Waals surface area contributed by atoms with E-state index in [2.05, 4.69) is 23.8 Å². The second kappa shape index (κ2) is 6.00. The van der Waals surface area contributed by atoms with Crippen LogP contribution in [0.4, 0.5) is 5.13 Å². The molecule has 2 atom stereocenters. The Kier molecular flexibility index (Phi) is 4.29. The van der Waals surface area contributed by atoms with Gasteiger partial charge >= 0.3 is 0 Å². The smallest absolute Gasteiger partial charge is 0.185 e. The van der Waals surface area contributed by atoms with Crippen LogP contribution in [0.25, 0.3) is 0 Å². The number of rotatable bonds is 3. The van der Waals surface area contributed by atoms with Crippen LogP contribution in [0, 0.1) is 5.92 Å². The van der Waals surface area contributed by atoms with Crippen molar-refractivity contribution < 1.29 is 0 Å². The lowest BCUT2D eigenvalue weighted by Gasteiger charge is -2.45. The molecule has 3 rings (SSSR count). The summed E-state index contributed by atoms with van der Waals surface area (Å²) in [6, 6.07) is 0.791. The van der Waals surface area contributed by atoms with Crippen LogP contribution in [0.15, 0.2) is 0 Å². The molecule has 0 bridgehead atoms. The van der Waals surface area contributed by atoms with E-state index in [1.165, 1.54) is 48.1 Å². The second-order valence-electron chi connectivity index (χ2n) is 6.11. The highest BCUT2D eigenvalue weighted by atomic mass is 32.1. The van der Waals surface area contributed by atoms with Crippen molar-refractivity contribution in [3.05, 3.63) is 10.6 Å². The lowest BCUT2D eigenvalue weighted by atomic mass is 9.84. The third kappa shape index (κ3) is 2.59. The standard InChI is InChI=1S/C15H26N4S/c1-3-12-14(9-16)20-15(17-12)19-8-6-13-11(10-19)5-4-7-18(13)2/h11,13H,3-10,16H2,1-2H3. The van der Waals surface area contributed by atoms with E-state index in [-0.39, 0.29) is 0 Å². The van der Waals surface area contributed by atoms with E-state index in [9.17, 15) is 0 Å². The molecule has 0 saturated carbocycles. The van der Waals surface area contributed by atoms with E-state index in [0.717, 1.165) is 24.9 Å². The predicted octanol–water partition coefficient (Wildman–Crippen LogP) is 2.08. The maximum atomic E-state index is 5.84. The van der Waals surface area contributed by atoms with E-state index in [0.29, 0.717) is 6.54 Å². The van der Waals surface area contributed by atoms with E-state index < -0.39 is 0 Å². The molecule has 2 aliphatic rings. The maximum Gasteiger partial charge on any atom is 0.185 e. The van der Waals surface area contributed by atoms with Crippen molar-refractivity contribution in [2.45, 2.75) is 45.2 Å². The number of nitrogens with two attached hydrogens (primary N) is 1. The molecule has 112 valence electrons. The number of thiazole rings is 1. The molecule has 0 aliphatic carbocycles. The van der Waals surface area contributed by atoms with E-state index >= 15 is 0 Å². The fraction of sp³-hybridized carbons (Fsp3) is 0.800. The molecule has 2 N–H and O–H groups in total. The largest absolute Gasteiger partial charge is 0.348 e. The van der Waals surface area contributed by atoms with Crippen molar-refractivity contribution in [3.8, 4) is 0 Å². The zero-order chi connectivity index (χ0) is 14.1. The number of aryl methyl sites for hydroxylation is 1. The molecule has 2 saturated heterocycles. The number of nitrogens with zero attached hydrogens (tertiary/aromatic N) is 3. The van der Waals surface area contributed by atoms with E-state index in [1.807, 2.05) is 0 Å². The molecular weight excluding hydrogens is 268 g/mol. The molecule has 5 heteroatoms. The van der Waals surface area contributed by atoms with E-state index in [4.69, 9.17) is 10.7 Å². The molecule has 3 heterocycles. The Labute approximate surface area is 126 Å². The first-order valence-corrected chi connectivity index (χ1v) is 8.68. The zero-order valence-electron chi connectivity index (χ0n) is 12.6. The summed E-state index contributed by atoms with van der Waals surface area (Å²) in [7, 11) is 2.29. The number of aromatic nitrogens is 1. The number of piperidine rings is 2. The van der Waals surface area contributed by atoms with Gasteiger partial charge in [0.2, 0.25) is 0 Å². The molecule has 0 spiro atoms. The van der Waals surface area contributed by atoms with Crippen LogP contribution in [-0.4, -0.2) is 42.6 Å². The first-order valence-electron chi connectivity index (χ1n) is 7.86. The molecule has 0 amide bonds. The Bertz CT molecular complexity index is 437. The second-order valence-corrected chi connectivity index (χ2v) is 7.17. The lowest BCUT2D eigenvalue weighted by molar-refractivity contribution is 0.102.